The monoisotopic (exact) mass is 651 g/mol. The Morgan fingerprint density at radius 1 is 0.737 bits per heavy atom. The molecule has 0 amide bonds. The van der Waals surface area contributed by atoms with Crippen molar-refractivity contribution in [1.29, 1.82) is 0 Å². The number of aromatic nitrogens is 3. The second-order valence-corrected chi connectivity index (χ2v) is 12.3. The first-order valence-corrected chi connectivity index (χ1v) is 13.9. The normalized spacial score (nSPS) is 15.5. The van der Waals surface area contributed by atoms with Crippen molar-refractivity contribution in [2.45, 2.75) is 78.7 Å². The van der Waals surface area contributed by atoms with Gasteiger partial charge in [0, 0.05) is 57.8 Å². The van der Waals surface area contributed by atoms with Gasteiger partial charge in [0.2, 0.25) is 5.56 Å². The third-order valence-corrected chi connectivity index (χ3v) is 7.21. The van der Waals surface area contributed by atoms with Gasteiger partial charge in [0.05, 0.1) is 11.2 Å². The smallest absolute Gasteiger partial charge is 0.399 e. The molecule has 1 aliphatic rings. The fourth-order valence-electron chi connectivity index (χ4n) is 3.31. The van der Waals surface area contributed by atoms with Crippen LogP contribution in [0.15, 0.2) is 78.3 Å². The Bertz CT molecular complexity index is 1360. The lowest BCUT2D eigenvalue weighted by atomic mass is 9.80. The van der Waals surface area contributed by atoms with Crippen molar-refractivity contribution in [3.05, 3.63) is 95.0 Å². The first-order chi connectivity index (χ1) is 17.5. The van der Waals surface area contributed by atoms with Gasteiger partial charge in [0.1, 0.15) is 0 Å². The van der Waals surface area contributed by atoms with Crippen LogP contribution in [0.25, 0.3) is 0 Å². The molecule has 0 atom stereocenters. The highest BCUT2D eigenvalue weighted by atomic mass is 79.9. The van der Waals surface area contributed by atoms with Crippen LogP contribution in [0.1, 0.15) is 67.5 Å². The van der Waals surface area contributed by atoms with Crippen LogP contribution in [-0.4, -0.2) is 32.4 Å². The first kappa shape index (κ1) is 32.0. The number of pyridine rings is 3. The van der Waals surface area contributed by atoms with Gasteiger partial charge < -0.3 is 23.4 Å². The molecule has 4 rings (SSSR count). The zero-order valence-electron chi connectivity index (χ0n) is 23.1. The van der Waals surface area contributed by atoms with Crippen molar-refractivity contribution in [3.63, 3.8) is 0 Å². The zero-order chi connectivity index (χ0) is 28.8. The van der Waals surface area contributed by atoms with E-state index in [1.54, 1.807) is 51.9 Å². The summed E-state index contributed by atoms with van der Waals surface area (Å²) in [6.07, 6.45) is 5.23. The van der Waals surface area contributed by atoms with E-state index in [0.29, 0.717) is 0 Å². The number of rotatable bonds is 3. The number of nitrogens with one attached hydrogen (secondary N) is 1. The van der Waals surface area contributed by atoms with Crippen molar-refractivity contribution >= 4 is 44.4 Å². The molecule has 0 saturated carbocycles. The third kappa shape index (κ3) is 8.66. The molecule has 38 heavy (non-hydrogen) atoms. The Morgan fingerprint density at radius 3 is 1.63 bits per heavy atom. The molecule has 0 unspecified atom stereocenters. The summed E-state index contributed by atoms with van der Waals surface area (Å²) in [5, 5.41) is 0. The summed E-state index contributed by atoms with van der Waals surface area (Å²) in [5.74, 6) is 0. The van der Waals surface area contributed by atoms with Gasteiger partial charge in [-0.2, -0.15) is 0 Å². The average molecular weight is 653 g/mol. The molecule has 0 radical (unpaired) electrons. The highest BCUT2D eigenvalue weighted by Crippen LogP contribution is 2.36. The number of halogens is 2. The lowest BCUT2D eigenvalue weighted by Crippen LogP contribution is -2.41. The maximum absolute atomic E-state index is 11.8. The molecular formula is C27H36BBr2N3O5. The molecular weight excluding hydrogens is 617 g/mol. The van der Waals surface area contributed by atoms with E-state index in [1.807, 2.05) is 61.6 Å². The van der Waals surface area contributed by atoms with Gasteiger partial charge in [0.25, 0.3) is 11.1 Å². The van der Waals surface area contributed by atoms with E-state index >= 15 is 0 Å². The standard InChI is InChI=1S/C14H22BNO3.C8H10BrNO.C5H4BrNO/c1-10(2)16-9-11(7-8-12(16)17)15-18-13(3,4)14(5,6)19-15;1-6(2)10-5-7(9)3-4-8(10)11;6-4-1-2-5(8)7-3-4/h7-10H,1-6H3;3-6H,1-2H3;1-3H,(H,7,8). The molecule has 11 heteroatoms. The first-order valence-electron chi connectivity index (χ1n) is 12.3. The Morgan fingerprint density at radius 2 is 1.21 bits per heavy atom. The minimum atomic E-state index is -0.421. The summed E-state index contributed by atoms with van der Waals surface area (Å²) < 4.78 is 17.2. The van der Waals surface area contributed by atoms with Crippen molar-refractivity contribution in [2.24, 2.45) is 0 Å². The lowest BCUT2D eigenvalue weighted by Gasteiger charge is -2.32. The minimum absolute atomic E-state index is 0.00438. The molecule has 4 heterocycles. The Hall–Kier alpha value is -2.21. The summed E-state index contributed by atoms with van der Waals surface area (Å²) in [7, 11) is -0.421. The summed E-state index contributed by atoms with van der Waals surface area (Å²) in [5.41, 5.74) is 0.117. The van der Waals surface area contributed by atoms with E-state index in [0.717, 1.165) is 14.4 Å². The topological polar surface area (TPSA) is 95.3 Å². The van der Waals surface area contributed by atoms with Gasteiger partial charge in [-0.05, 0) is 105 Å². The summed E-state index contributed by atoms with van der Waals surface area (Å²) in [4.78, 5) is 35.8. The minimum Gasteiger partial charge on any atom is -0.399 e. The van der Waals surface area contributed by atoms with E-state index in [1.165, 1.54) is 6.07 Å². The third-order valence-electron chi connectivity index (χ3n) is 6.25. The molecule has 8 nitrogen and oxygen atoms in total. The predicted molar refractivity (Wildman–Crippen MR) is 160 cm³/mol. The second kappa shape index (κ2) is 13.2. The van der Waals surface area contributed by atoms with Crippen molar-refractivity contribution < 1.29 is 9.31 Å². The van der Waals surface area contributed by atoms with E-state index in [2.05, 4.69) is 36.8 Å². The van der Waals surface area contributed by atoms with Crippen LogP contribution in [0.2, 0.25) is 0 Å². The second-order valence-electron chi connectivity index (χ2n) is 10.4. The van der Waals surface area contributed by atoms with Gasteiger partial charge in [-0.25, -0.2) is 0 Å². The van der Waals surface area contributed by atoms with Crippen LogP contribution < -0.4 is 22.1 Å². The van der Waals surface area contributed by atoms with Crippen LogP contribution in [0.4, 0.5) is 0 Å². The molecule has 1 aliphatic heterocycles. The number of H-pyrrole nitrogens is 1. The molecule has 0 spiro atoms. The van der Waals surface area contributed by atoms with Crippen molar-refractivity contribution in [2.75, 3.05) is 0 Å². The van der Waals surface area contributed by atoms with Gasteiger partial charge in [0.15, 0.2) is 0 Å². The van der Waals surface area contributed by atoms with Crippen molar-refractivity contribution in [3.8, 4) is 0 Å². The van der Waals surface area contributed by atoms with E-state index < -0.39 is 7.12 Å². The average Bonchev–Trinajstić information content (AvgIpc) is 3.05. The fraction of sp³-hybridized carbons (Fsp3) is 0.444. The maximum Gasteiger partial charge on any atom is 0.496 e. The number of hydrogen-bond acceptors (Lipinski definition) is 5. The molecule has 1 N–H and O–H groups in total. The van der Waals surface area contributed by atoms with Crippen molar-refractivity contribution in [1.82, 2.24) is 14.1 Å². The molecule has 1 fully saturated rings. The molecule has 0 aromatic carbocycles. The number of hydrogen-bond donors (Lipinski definition) is 1. The maximum atomic E-state index is 11.8. The summed E-state index contributed by atoms with van der Waals surface area (Å²) in [6, 6.07) is 10.2. The molecule has 3 aromatic heterocycles. The highest BCUT2D eigenvalue weighted by Gasteiger charge is 2.51. The van der Waals surface area contributed by atoms with Crippen LogP contribution in [-0.2, 0) is 9.31 Å². The molecule has 206 valence electrons. The molecule has 3 aromatic rings. The summed E-state index contributed by atoms with van der Waals surface area (Å²) >= 11 is 6.48. The Kier molecular flexibility index (Phi) is 11.1. The molecule has 0 bridgehead atoms. The molecule has 0 aliphatic carbocycles. The van der Waals surface area contributed by atoms with Gasteiger partial charge in [-0.1, -0.05) is 6.07 Å². The van der Waals surface area contributed by atoms with E-state index in [9.17, 15) is 14.4 Å². The summed E-state index contributed by atoms with van der Waals surface area (Å²) in [6.45, 7) is 16.0. The fourth-order valence-corrected chi connectivity index (χ4v) is 3.91. The van der Waals surface area contributed by atoms with Crippen LogP contribution in [0.3, 0.4) is 0 Å². The Labute approximate surface area is 240 Å². The zero-order valence-corrected chi connectivity index (χ0v) is 26.3. The van der Waals surface area contributed by atoms with Crippen LogP contribution >= 0.6 is 31.9 Å². The number of nitrogens with zero attached hydrogens (tertiary/aromatic N) is 2. The molecule has 1 saturated heterocycles. The largest absolute Gasteiger partial charge is 0.496 e. The Balaban J connectivity index is 0.000000224. The van der Waals surface area contributed by atoms with E-state index in [4.69, 9.17) is 9.31 Å². The lowest BCUT2D eigenvalue weighted by molar-refractivity contribution is 0.00578. The number of aromatic amines is 1. The van der Waals surface area contributed by atoms with E-state index in [-0.39, 0.29) is 40.0 Å². The quantitative estimate of drug-likeness (QED) is 0.400. The SMILES string of the molecule is CC(C)n1cc(B2OC(C)(C)C(C)(C)O2)ccc1=O.CC(C)n1cc(Br)ccc1=O.O=c1ccc(Br)c[nH]1. The van der Waals surface area contributed by atoms with Gasteiger partial charge >= 0.3 is 7.12 Å². The van der Waals surface area contributed by atoms with Crippen LogP contribution in [0.5, 0.6) is 0 Å². The predicted octanol–water partition coefficient (Wildman–Crippen LogP) is 5.06. The van der Waals surface area contributed by atoms with Gasteiger partial charge in [-0.15, -0.1) is 0 Å². The highest BCUT2D eigenvalue weighted by molar-refractivity contribution is 9.10. The van der Waals surface area contributed by atoms with Crippen LogP contribution in [0, 0.1) is 0 Å². The van der Waals surface area contributed by atoms with Gasteiger partial charge in [-0.3, -0.25) is 14.4 Å².